The highest BCUT2D eigenvalue weighted by molar-refractivity contribution is 5.95. The lowest BCUT2D eigenvalue weighted by Crippen LogP contribution is -2.56. The van der Waals surface area contributed by atoms with Gasteiger partial charge in [0.2, 0.25) is 11.8 Å². The number of hydrogen-bond acceptors (Lipinski definition) is 3. The van der Waals surface area contributed by atoms with E-state index in [1.807, 2.05) is 4.90 Å². The number of nitrogens with one attached hydrogen (secondary N) is 1. The molecule has 0 spiro atoms. The molecule has 1 heterocycles. The highest BCUT2D eigenvalue weighted by Crippen LogP contribution is 2.31. The molecule has 1 aliphatic heterocycles. The summed E-state index contributed by atoms with van der Waals surface area (Å²) in [5, 5.41) is 2.95. The van der Waals surface area contributed by atoms with Crippen LogP contribution in [0.4, 0.5) is 10.1 Å². The first-order valence-electron chi connectivity index (χ1n) is 9.10. The number of anilines is 1. The van der Waals surface area contributed by atoms with Crippen molar-refractivity contribution in [2.45, 2.75) is 38.6 Å². The van der Waals surface area contributed by atoms with Gasteiger partial charge in [-0.3, -0.25) is 14.5 Å². The van der Waals surface area contributed by atoms with Crippen LogP contribution in [-0.2, 0) is 9.59 Å². The number of nitrogens with zero attached hydrogens (tertiary/aromatic N) is 2. The summed E-state index contributed by atoms with van der Waals surface area (Å²) >= 11 is 0. The van der Waals surface area contributed by atoms with E-state index in [-0.39, 0.29) is 23.7 Å². The van der Waals surface area contributed by atoms with Crippen LogP contribution >= 0.6 is 0 Å². The first kappa shape index (κ1) is 17.9. The van der Waals surface area contributed by atoms with Gasteiger partial charge in [-0.2, -0.15) is 0 Å². The topological polar surface area (TPSA) is 52.7 Å². The van der Waals surface area contributed by atoms with Gasteiger partial charge in [-0.25, -0.2) is 4.39 Å². The molecule has 1 atom stereocenters. The highest BCUT2D eigenvalue weighted by atomic mass is 19.1. The van der Waals surface area contributed by atoms with Crippen molar-refractivity contribution in [1.82, 2.24) is 9.80 Å². The number of amides is 2. The monoisotopic (exact) mass is 347 g/mol. The van der Waals surface area contributed by atoms with Crippen LogP contribution in [0.25, 0.3) is 0 Å². The van der Waals surface area contributed by atoms with E-state index in [4.69, 9.17) is 0 Å². The number of piperazine rings is 1. The van der Waals surface area contributed by atoms with Crippen molar-refractivity contribution >= 4 is 17.5 Å². The SMILES string of the molecule is CC(=O)N1CCN(C(C(=O)Nc2ccc(F)cc2)C2CCCC2)CC1. The summed E-state index contributed by atoms with van der Waals surface area (Å²) in [4.78, 5) is 28.6. The Bertz CT molecular complexity index is 606. The van der Waals surface area contributed by atoms with Gasteiger partial charge >= 0.3 is 0 Å². The van der Waals surface area contributed by atoms with Gasteiger partial charge in [-0.1, -0.05) is 12.8 Å². The van der Waals surface area contributed by atoms with E-state index in [2.05, 4.69) is 10.2 Å². The molecule has 6 heteroatoms. The molecule has 1 N–H and O–H groups in total. The lowest BCUT2D eigenvalue weighted by molar-refractivity contribution is -0.132. The average molecular weight is 347 g/mol. The van der Waals surface area contributed by atoms with Crippen LogP contribution in [0.3, 0.4) is 0 Å². The smallest absolute Gasteiger partial charge is 0.242 e. The molecule has 1 aromatic rings. The number of carbonyl (C=O) groups is 2. The van der Waals surface area contributed by atoms with Crippen LogP contribution < -0.4 is 5.32 Å². The maximum absolute atomic E-state index is 13.1. The van der Waals surface area contributed by atoms with E-state index in [9.17, 15) is 14.0 Å². The lowest BCUT2D eigenvalue weighted by Gasteiger charge is -2.40. The molecule has 1 aromatic carbocycles. The van der Waals surface area contributed by atoms with E-state index < -0.39 is 0 Å². The molecular weight excluding hydrogens is 321 g/mol. The number of rotatable bonds is 4. The minimum Gasteiger partial charge on any atom is -0.340 e. The van der Waals surface area contributed by atoms with Gasteiger partial charge in [0.1, 0.15) is 5.82 Å². The first-order chi connectivity index (χ1) is 12.0. The standard InChI is InChI=1S/C19H26FN3O2/c1-14(24)22-10-12-23(13-11-22)18(15-4-2-3-5-15)19(25)21-17-8-6-16(20)7-9-17/h6-9,15,18H,2-5,10-13H2,1H3,(H,21,25). The summed E-state index contributed by atoms with van der Waals surface area (Å²) in [6, 6.07) is 5.71. The Morgan fingerprint density at radius 2 is 1.68 bits per heavy atom. The molecule has 1 unspecified atom stereocenters. The van der Waals surface area contributed by atoms with Crippen LogP contribution in [0.15, 0.2) is 24.3 Å². The molecule has 0 radical (unpaired) electrons. The van der Waals surface area contributed by atoms with Crippen molar-refractivity contribution in [1.29, 1.82) is 0 Å². The zero-order chi connectivity index (χ0) is 17.8. The summed E-state index contributed by atoms with van der Waals surface area (Å²) < 4.78 is 13.1. The van der Waals surface area contributed by atoms with Gasteiger partial charge in [0.25, 0.3) is 0 Å². The van der Waals surface area contributed by atoms with E-state index in [1.54, 1.807) is 19.1 Å². The fourth-order valence-electron chi connectivity index (χ4n) is 4.02. The van der Waals surface area contributed by atoms with Crippen molar-refractivity contribution in [2.24, 2.45) is 5.92 Å². The molecule has 0 bridgehead atoms. The minimum atomic E-state index is -0.314. The quantitative estimate of drug-likeness (QED) is 0.910. The molecule has 0 aromatic heterocycles. The number of carbonyl (C=O) groups excluding carboxylic acids is 2. The second-order valence-corrected chi connectivity index (χ2v) is 7.03. The molecule has 2 aliphatic rings. The predicted molar refractivity (Wildman–Crippen MR) is 94.6 cm³/mol. The van der Waals surface area contributed by atoms with E-state index in [0.29, 0.717) is 24.7 Å². The third kappa shape index (κ3) is 4.37. The van der Waals surface area contributed by atoms with Crippen LogP contribution in [0, 0.1) is 11.7 Å². The maximum Gasteiger partial charge on any atom is 0.242 e. The largest absolute Gasteiger partial charge is 0.340 e. The van der Waals surface area contributed by atoms with Gasteiger partial charge in [0.15, 0.2) is 0 Å². The third-order valence-corrected chi connectivity index (χ3v) is 5.38. The van der Waals surface area contributed by atoms with E-state index >= 15 is 0 Å². The van der Waals surface area contributed by atoms with Gasteiger partial charge in [-0.15, -0.1) is 0 Å². The molecular formula is C19H26FN3O2. The number of hydrogen-bond donors (Lipinski definition) is 1. The molecule has 1 aliphatic carbocycles. The Balaban J connectivity index is 1.70. The Morgan fingerprint density at radius 1 is 1.08 bits per heavy atom. The zero-order valence-corrected chi connectivity index (χ0v) is 14.7. The van der Waals surface area contributed by atoms with Gasteiger partial charge in [0.05, 0.1) is 6.04 Å². The first-order valence-corrected chi connectivity index (χ1v) is 9.10. The van der Waals surface area contributed by atoms with E-state index in [1.165, 1.54) is 25.0 Å². The summed E-state index contributed by atoms with van der Waals surface area (Å²) in [7, 11) is 0. The van der Waals surface area contributed by atoms with Crippen molar-refractivity contribution in [3.05, 3.63) is 30.1 Å². The van der Waals surface area contributed by atoms with Crippen molar-refractivity contribution < 1.29 is 14.0 Å². The predicted octanol–water partition coefficient (Wildman–Crippen LogP) is 2.49. The normalized spacial score (nSPS) is 20.5. The molecule has 3 rings (SSSR count). The fourth-order valence-corrected chi connectivity index (χ4v) is 4.02. The molecule has 2 fully saturated rings. The average Bonchev–Trinajstić information content (AvgIpc) is 3.12. The Kier molecular flexibility index (Phi) is 5.68. The second kappa shape index (κ2) is 7.95. The van der Waals surface area contributed by atoms with Gasteiger partial charge < -0.3 is 10.2 Å². The molecule has 5 nitrogen and oxygen atoms in total. The molecule has 1 saturated carbocycles. The Morgan fingerprint density at radius 3 is 2.24 bits per heavy atom. The van der Waals surface area contributed by atoms with Crippen molar-refractivity contribution in [3.63, 3.8) is 0 Å². The number of halogens is 1. The van der Waals surface area contributed by atoms with Crippen molar-refractivity contribution in [2.75, 3.05) is 31.5 Å². The Hall–Kier alpha value is -1.95. The van der Waals surface area contributed by atoms with Crippen molar-refractivity contribution in [3.8, 4) is 0 Å². The zero-order valence-electron chi connectivity index (χ0n) is 14.7. The summed E-state index contributed by atoms with van der Waals surface area (Å²) in [6.07, 6.45) is 4.46. The van der Waals surface area contributed by atoms with Crippen LogP contribution in [0.5, 0.6) is 0 Å². The summed E-state index contributed by atoms with van der Waals surface area (Å²) in [5.41, 5.74) is 0.622. The molecule has 25 heavy (non-hydrogen) atoms. The minimum absolute atomic E-state index is 0.0187. The fraction of sp³-hybridized carbons (Fsp3) is 0.579. The van der Waals surface area contributed by atoms with Crippen LogP contribution in [0.1, 0.15) is 32.6 Å². The number of benzene rings is 1. The summed E-state index contributed by atoms with van der Waals surface area (Å²) in [5.74, 6) is 0.109. The molecule has 136 valence electrons. The van der Waals surface area contributed by atoms with Crippen LogP contribution in [-0.4, -0.2) is 53.8 Å². The van der Waals surface area contributed by atoms with Gasteiger partial charge in [0, 0.05) is 38.8 Å². The van der Waals surface area contributed by atoms with Crippen LogP contribution in [0.2, 0.25) is 0 Å². The van der Waals surface area contributed by atoms with Gasteiger partial charge in [-0.05, 0) is 43.0 Å². The highest BCUT2D eigenvalue weighted by Gasteiger charge is 2.37. The third-order valence-electron chi connectivity index (χ3n) is 5.38. The summed E-state index contributed by atoms with van der Waals surface area (Å²) in [6.45, 7) is 4.37. The lowest BCUT2D eigenvalue weighted by atomic mass is 9.95. The Labute approximate surface area is 148 Å². The van der Waals surface area contributed by atoms with E-state index in [0.717, 1.165) is 25.9 Å². The molecule has 1 saturated heterocycles. The second-order valence-electron chi connectivity index (χ2n) is 7.03. The maximum atomic E-state index is 13.1. The molecule has 2 amide bonds.